The molecule has 0 saturated carbocycles. The normalized spacial score (nSPS) is 23.4. The Kier molecular flexibility index (Phi) is 4.97. The lowest BCUT2D eigenvalue weighted by Crippen LogP contribution is -2.44. The number of aliphatic hydroxyl groups is 1. The zero-order chi connectivity index (χ0) is 13.7. The van der Waals surface area contributed by atoms with Crippen molar-refractivity contribution in [3.63, 3.8) is 0 Å². The van der Waals surface area contributed by atoms with Crippen LogP contribution in [0.5, 0.6) is 0 Å². The fourth-order valence-electron chi connectivity index (χ4n) is 3.18. The molecule has 1 heterocycles. The first-order chi connectivity index (χ1) is 9.18. The molecule has 1 aliphatic heterocycles. The van der Waals surface area contributed by atoms with E-state index in [1.165, 1.54) is 5.56 Å². The SMILES string of the molecule is CNCC(C)(CN1CCC(CO)C1)c1ccccc1. The Morgan fingerprint density at radius 3 is 2.68 bits per heavy atom. The third kappa shape index (κ3) is 3.56. The van der Waals surface area contributed by atoms with Crippen LogP contribution in [0.25, 0.3) is 0 Å². The maximum Gasteiger partial charge on any atom is 0.0471 e. The molecule has 106 valence electrons. The zero-order valence-corrected chi connectivity index (χ0v) is 12.1. The van der Waals surface area contributed by atoms with Crippen LogP contribution in [0.4, 0.5) is 0 Å². The van der Waals surface area contributed by atoms with Crippen molar-refractivity contribution in [1.82, 2.24) is 10.2 Å². The predicted molar refractivity (Wildman–Crippen MR) is 79.4 cm³/mol. The molecule has 1 saturated heterocycles. The van der Waals surface area contributed by atoms with Crippen LogP contribution in [0.3, 0.4) is 0 Å². The van der Waals surface area contributed by atoms with Gasteiger partial charge in [0, 0.05) is 31.7 Å². The number of hydrogen-bond donors (Lipinski definition) is 2. The van der Waals surface area contributed by atoms with Gasteiger partial charge in [0.1, 0.15) is 0 Å². The Balaban J connectivity index is 2.08. The molecule has 2 rings (SSSR count). The second kappa shape index (κ2) is 6.51. The summed E-state index contributed by atoms with van der Waals surface area (Å²) in [6.45, 7) is 6.81. The minimum Gasteiger partial charge on any atom is -0.396 e. The maximum absolute atomic E-state index is 9.26. The van der Waals surface area contributed by atoms with Crippen LogP contribution in [0.15, 0.2) is 30.3 Å². The van der Waals surface area contributed by atoms with E-state index in [1.807, 2.05) is 7.05 Å². The Morgan fingerprint density at radius 2 is 2.11 bits per heavy atom. The molecule has 3 heteroatoms. The van der Waals surface area contributed by atoms with E-state index in [9.17, 15) is 5.11 Å². The summed E-state index contributed by atoms with van der Waals surface area (Å²) in [6.07, 6.45) is 1.13. The topological polar surface area (TPSA) is 35.5 Å². The summed E-state index contributed by atoms with van der Waals surface area (Å²) in [5, 5.41) is 12.6. The molecule has 1 aromatic carbocycles. The predicted octanol–water partition coefficient (Wildman–Crippen LogP) is 1.48. The molecule has 0 spiro atoms. The van der Waals surface area contributed by atoms with Gasteiger partial charge in [0.15, 0.2) is 0 Å². The van der Waals surface area contributed by atoms with Crippen LogP contribution in [0.2, 0.25) is 0 Å². The summed E-state index contributed by atoms with van der Waals surface area (Å²) in [4.78, 5) is 2.49. The minimum atomic E-state index is 0.125. The zero-order valence-electron chi connectivity index (χ0n) is 12.1. The third-order valence-corrected chi connectivity index (χ3v) is 4.24. The van der Waals surface area contributed by atoms with E-state index in [-0.39, 0.29) is 5.41 Å². The van der Waals surface area contributed by atoms with E-state index in [1.54, 1.807) is 0 Å². The summed E-state index contributed by atoms with van der Waals surface area (Å²) < 4.78 is 0. The van der Waals surface area contributed by atoms with Gasteiger partial charge in [0.25, 0.3) is 0 Å². The Hall–Kier alpha value is -0.900. The molecule has 3 nitrogen and oxygen atoms in total. The summed E-state index contributed by atoms with van der Waals surface area (Å²) in [6, 6.07) is 10.7. The van der Waals surface area contributed by atoms with Gasteiger partial charge in [0.2, 0.25) is 0 Å². The minimum absolute atomic E-state index is 0.125. The highest BCUT2D eigenvalue weighted by Crippen LogP contribution is 2.27. The van der Waals surface area contributed by atoms with Crippen molar-refractivity contribution in [2.24, 2.45) is 5.92 Å². The number of rotatable bonds is 6. The van der Waals surface area contributed by atoms with Gasteiger partial charge in [-0.2, -0.15) is 0 Å². The second-order valence-corrected chi connectivity index (χ2v) is 6.03. The van der Waals surface area contributed by atoms with E-state index in [4.69, 9.17) is 0 Å². The lowest BCUT2D eigenvalue weighted by Gasteiger charge is -2.34. The van der Waals surface area contributed by atoms with E-state index in [0.717, 1.165) is 32.6 Å². The Bertz CT molecular complexity index is 382. The summed E-state index contributed by atoms with van der Waals surface area (Å²) in [5.74, 6) is 0.467. The van der Waals surface area contributed by atoms with Gasteiger partial charge in [-0.1, -0.05) is 37.3 Å². The molecule has 1 fully saturated rings. The fraction of sp³-hybridized carbons (Fsp3) is 0.625. The van der Waals surface area contributed by atoms with Crippen LogP contribution < -0.4 is 5.32 Å². The quantitative estimate of drug-likeness (QED) is 0.815. The lowest BCUT2D eigenvalue weighted by atomic mass is 9.82. The summed E-state index contributed by atoms with van der Waals surface area (Å²) in [7, 11) is 2.02. The number of nitrogens with one attached hydrogen (secondary N) is 1. The van der Waals surface area contributed by atoms with E-state index >= 15 is 0 Å². The third-order valence-electron chi connectivity index (χ3n) is 4.24. The van der Waals surface area contributed by atoms with Crippen molar-refractivity contribution in [2.75, 3.05) is 39.8 Å². The smallest absolute Gasteiger partial charge is 0.0471 e. The molecule has 2 N–H and O–H groups in total. The molecule has 19 heavy (non-hydrogen) atoms. The van der Waals surface area contributed by atoms with Gasteiger partial charge in [0.05, 0.1) is 0 Å². The highest BCUT2D eigenvalue weighted by atomic mass is 16.3. The first-order valence-electron chi connectivity index (χ1n) is 7.21. The number of benzene rings is 1. The highest BCUT2D eigenvalue weighted by Gasteiger charge is 2.31. The van der Waals surface area contributed by atoms with Crippen LogP contribution in [0.1, 0.15) is 18.9 Å². The van der Waals surface area contributed by atoms with Gasteiger partial charge in [-0.15, -0.1) is 0 Å². The van der Waals surface area contributed by atoms with Gasteiger partial charge in [-0.3, -0.25) is 0 Å². The maximum atomic E-state index is 9.26. The number of hydrogen-bond acceptors (Lipinski definition) is 3. The Labute approximate surface area is 116 Å². The number of aliphatic hydroxyl groups excluding tert-OH is 1. The van der Waals surface area contributed by atoms with Gasteiger partial charge in [-0.05, 0) is 31.5 Å². The Morgan fingerprint density at radius 1 is 1.37 bits per heavy atom. The van der Waals surface area contributed by atoms with Crippen LogP contribution in [-0.4, -0.2) is 49.8 Å². The molecule has 2 atom stereocenters. The van der Waals surface area contributed by atoms with Crippen LogP contribution in [-0.2, 0) is 5.41 Å². The highest BCUT2D eigenvalue weighted by molar-refractivity contribution is 5.25. The van der Waals surface area contributed by atoms with E-state index < -0.39 is 0 Å². The van der Waals surface area contributed by atoms with Gasteiger partial charge >= 0.3 is 0 Å². The average Bonchev–Trinajstić information content (AvgIpc) is 2.87. The summed E-state index contributed by atoms with van der Waals surface area (Å²) in [5.41, 5.74) is 1.51. The molecule has 1 aliphatic rings. The van der Waals surface area contributed by atoms with Crippen molar-refractivity contribution in [3.05, 3.63) is 35.9 Å². The molecule has 0 aromatic heterocycles. The molecule has 0 bridgehead atoms. The molecule has 0 aliphatic carbocycles. The van der Waals surface area contributed by atoms with Crippen molar-refractivity contribution in [2.45, 2.75) is 18.8 Å². The van der Waals surface area contributed by atoms with Crippen molar-refractivity contribution in [1.29, 1.82) is 0 Å². The number of likely N-dealkylation sites (N-methyl/N-ethyl adjacent to an activating group) is 1. The largest absolute Gasteiger partial charge is 0.396 e. The standard InChI is InChI=1S/C16H26N2O/c1-16(12-17-2,15-6-4-3-5-7-15)13-18-9-8-14(10-18)11-19/h3-7,14,17,19H,8-13H2,1-2H3. The molecule has 0 radical (unpaired) electrons. The molecule has 2 unspecified atom stereocenters. The summed E-state index contributed by atoms with van der Waals surface area (Å²) >= 11 is 0. The average molecular weight is 262 g/mol. The van der Waals surface area contributed by atoms with E-state index in [2.05, 4.69) is 47.5 Å². The van der Waals surface area contributed by atoms with Gasteiger partial charge in [-0.25, -0.2) is 0 Å². The number of nitrogens with zero attached hydrogens (tertiary/aromatic N) is 1. The molecular weight excluding hydrogens is 236 g/mol. The number of likely N-dealkylation sites (tertiary alicyclic amines) is 1. The van der Waals surface area contributed by atoms with Crippen LogP contribution in [0, 0.1) is 5.92 Å². The van der Waals surface area contributed by atoms with Crippen molar-refractivity contribution >= 4 is 0 Å². The molecular formula is C16H26N2O. The van der Waals surface area contributed by atoms with E-state index in [0.29, 0.717) is 12.5 Å². The first kappa shape index (κ1) is 14.5. The van der Waals surface area contributed by atoms with Crippen LogP contribution >= 0.6 is 0 Å². The second-order valence-electron chi connectivity index (χ2n) is 6.03. The monoisotopic (exact) mass is 262 g/mol. The fourth-order valence-corrected chi connectivity index (χ4v) is 3.18. The van der Waals surface area contributed by atoms with Gasteiger partial charge < -0.3 is 15.3 Å². The van der Waals surface area contributed by atoms with Crippen molar-refractivity contribution in [3.8, 4) is 0 Å². The lowest BCUT2D eigenvalue weighted by molar-refractivity contribution is 0.206. The molecule has 1 aromatic rings. The van der Waals surface area contributed by atoms with Crippen molar-refractivity contribution < 1.29 is 5.11 Å². The first-order valence-corrected chi connectivity index (χ1v) is 7.21. The molecule has 0 amide bonds.